The van der Waals surface area contributed by atoms with Gasteiger partial charge in [0.25, 0.3) is 5.89 Å². The molecular formula is C21H22N2O6S. The Hall–Kier alpha value is -3.20. The van der Waals surface area contributed by atoms with Crippen LogP contribution in [0.25, 0.3) is 11.5 Å². The van der Waals surface area contributed by atoms with E-state index in [4.69, 9.17) is 13.9 Å². The van der Waals surface area contributed by atoms with E-state index >= 15 is 0 Å². The number of carbonyl (C=O) groups excluding carboxylic acids is 1. The van der Waals surface area contributed by atoms with Crippen LogP contribution in [0.3, 0.4) is 0 Å². The monoisotopic (exact) mass is 430 g/mol. The topological polar surface area (TPSA) is 109 Å². The molecule has 0 amide bonds. The quantitative estimate of drug-likeness (QED) is 0.500. The molecule has 1 heterocycles. The lowest BCUT2D eigenvalue weighted by atomic mass is 10.2. The van der Waals surface area contributed by atoms with E-state index in [-0.39, 0.29) is 28.9 Å². The molecule has 1 atom stereocenters. The van der Waals surface area contributed by atoms with Crippen LogP contribution < -0.4 is 4.74 Å². The highest BCUT2D eigenvalue weighted by atomic mass is 32.2. The number of aromatic nitrogens is 2. The largest absolute Gasteiger partial charge is 0.497 e. The van der Waals surface area contributed by atoms with Crippen molar-refractivity contribution in [3.8, 4) is 17.2 Å². The van der Waals surface area contributed by atoms with Gasteiger partial charge in [0.2, 0.25) is 5.89 Å². The molecule has 0 aliphatic rings. The molecule has 0 fully saturated rings. The first-order valence-corrected chi connectivity index (χ1v) is 10.9. The minimum Gasteiger partial charge on any atom is -0.497 e. The molecule has 0 aliphatic carbocycles. The number of benzene rings is 2. The minimum absolute atomic E-state index is 0.121. The van der Waals surface area contributed by atoms with Crippen molar-refractivity contribution >= 4 is 15.8 Å². The molecule has 30 heavy (non-hydrogen) atoms. The summed E-state index contributed by atoms with van der Waals surface area (Å²) in [5.41, 5.74) is 1.65. The molecule has 3 aromatic rings. The zero-order valence-corrected chi connectivity index (χ0v) is 17.7. The van der Waals surface area contributed by atoms with E-state index in [0.717, 1.165) is 5.56 Å². The zero-order valence-electron chi connectivity index (χ0n) is 16.9. The van der Waals surface area contributed by atoms with Crippen LogP contribution in [0, 0.1) is 6.92 Å². The van der Waals surface area contributed by atoms with E-state index in [0.29, 0.717) is 11.3 Å². The Kier molecular flexibility index (Phi) is 6.51. The Morgan fingerprint density at radius 1 is 1.07 bits per heavy atom. The smallest absolute Gasteiger partial charge is 0.307 e. The summed E-state index contributed by atoms with van der Waals surface area (Å²) in [4.78, 5) is 12.3. The third kappa shape index (κ3) is 5.24. The van der Waals surface area contributed by atoms with Crippen LogP contribution in [0.1, 0.15) is 30.9 Å². The lowest BCUT2D eigenvalue weighted by molar-refractivity contribution is -0.149. The highest BCUT2D eigenvalue weighted by molar-refractivity contribution is 7.91. The second kappa shape index (κ2) is 9.08. The van der Waals surface area contributed by atoms with Crippen molar-refractivity contribution in [2.75, 3.05) is 12.9 Å². The normalized spacial score (nSPS) is 12.4. The standard InChI is InChI=1S/C21H22N2O6S/c1-14-4-10-18(11-5-14)30(25,26)13-12-19(24)28-15(2)20-22-23-21(29-20)16-6-8-17(27-3)9-7-16/h4-11,15H,12-13H2,1-3H3/t15-/m1/s1. The Morgan fingerprint density at radius 2 is 1.73 bits per heavy atom. The molecule has 0 N–H and O–H groups in total. The van der Waals surface area contributed by atoms with Gasteiger partial charge in [-0.05, 0) is 50.2 Å². The van der Waals surface area contributed by atoms with E-state index in [1.165, 1.54) is 12.1 Å². The maximum absolute atomic E-state index is 12.4. The Balaban J connectivity index is 1.57. The number of nitrogens with zero attached hydrogens (tertiary/aromatic N) is 2. The molecule has 3 rings (SSSR count). The molecule has 0 bridgehead atoms. The minimum atomic E-state index is -3.57. The van der Waals surface area contributed by atoms with Crippen molar-refractivity contribution in [1.29, 1.82) is 0 Å². The van der Waals surface area contributed by atoms with Crippen LogP contribution in [0.4, 0.5) is 0 Å². The number of aryl methyl sites for hydroxylation is 1. The van der Waals surface area contributed by atoms with Gasteiger partial charge in [0.1, 0.15) is 5.75 Å². The first kappa shape index (κ1) is 21.5. The van der Waals surface area contributed by atoms with Gasteiger partial charge >= 0.3 is 5.97 Å². The number of esters is 1. The summed E-state index contributed by atoms with van der Waals surface area (Å²) < 4.78 is 40.6. The first-order chi connectivity index (χ1) is 14.3. The lowest BCUT2D eigenvalue weighted by Crippen LogP contribution is -2.15. The average Bonchev–Trinajstić information content (AvgIpc) is 3.23. The van der Waals surface area contributed by atoms with Crippen molar-refractivity contribution in [3.63, 3.8) is 0 Å². The molecule has 8 nitrogen and oxygen atoms in total. The van der Waals surface area contributed by atoms with Gasteiger partial charge in [0, 0.05) is 5.56 Å². The van der Waals surface area contributed by atoms with Crippen LogP contribution in [0.15, 0.2) is 57.8 Å². The summed E-state index contributed by atoms with van der Waals surface area (Å²) in [5, 5.41) is 7.87. The molecule has 158 valence electrons. The Labute approximate surface area is 174 Å². The van der Waals surface area contributed by atoms with Gasteiger partial charge in [-0.25, -0.2) is 8.42 Å². The molecule has 0 saturated carbocycles. The van der Waals surface area contributed by atoms with Crippen LogP contribution in [0.5, 0.6) is 5.75 Å². The van der Waals surface area contributed by atoms with Crippen LogP contribution in [0.2, 0.25) is 0 Å². The van der Waals surface area contributed by atoms with E-state index in [9.17, 15) is 13.2 Å². The molecule has 9 heteroatoms. The SMILES string of the molecule is COc1ccc(-c2nnc([C@@H](C)OC(=O)CCS(=O)(=O)c3ccc(C)cc3)o2)cc1. The molecular weight excluding hydrogens is 408 g/mol. The van der Waals surface area contributed by atoms with E-state index in [2.05, 4.69) is 10.2 Å². The highest BCUT2D eigenvalue weighted by Gasteiger charge is 2.22. The van der Waals surface area contributed by atoms with Gasteiger partial charge in [0.05, 0.1) is 24.2 Å². The Morgan fingerprint density at radius 3 is 2.37 bits per heavy atom. The van der Waals surface area contributed by atoms with Crippen molar-refractivity contribution in [3.05, 3.63) is 60.0 Å². The number of carbonyl (C=O) groups is 1. The fourth-order valence-electron chi connectivity index (χ4n) is 2.64. The molecule has 0 spiro atoms. The summed E-state index contributed by atoms with van der Waals surface area (Å²) >= 11 is 0. The van der Waals surface area contributed by atoms with Gasteiger partial charge in [-0.2, -0.15) is 0 Å². The summed E-state index contributed by atoms with van der Waals surface area (Å²) in [6.45, 7) is 3.45. The van der Waals surface area contributed by atoms with E-state index in [1.54, 1.807) is 50.4 Å². The van der Waals surface area contributed by atoms with Crippen LogP contribution in [-0.4, -0.2) is 37.4 Å². The summed E-state index contributed by atoms with van der Waals surface area (Å²) in [6, 6.07) is 13.5. The zero-order chi connectivity index (χ0) is 21.7. The van der Waals surface area contributed by atoms with Gasteiger partial charge in [-0.1, -0.05) is 17.7 Å². The molecule has 1 aromatic heterocycles. The van der Waals surface area contributed by atoms with Gasteiger partial charge in [0.15, 0.2) is 15.9 Å². The lowest BCUT2D eigenvalue weighted by Gasteiger charge is -2.10. The first-order valence-electron chi connectivity index (χ1n) is 9.25. The number of hydrogen-bond donors (Lipinski definition) is 0. The Bertz CT molecular complexity index is 1110. The maximum Gasteiger partial charge on any atom is 0.307 e. The van der Waals surface area contributed by atoms with Crippen LogP contribution >= 0.6 is 0 Å². The van der Waals surface area contributed by atoms with Gasteiger partial charge in [-0.15, -0.1) is 10.2 Å². The predicted molar refractivity (Wildman–Crippen MR) is 109 cm³/mol. The third-order valence-electron chi connectivity index (χ3n) is 4.39. The molecule has 0 radical (unpaired) electrons. The van der Waals surface area contributed by atoms with Crippen molar-refractivity contribution in [2.24, 2.45) is 0 Å². The molecule has 0 saturated heterocycles. The summed E-state index contributed by atoms with van der Waals surface area (Å²) in [5.74, 6) is 0.0829. The third-order valence-corrected chi connectivity index (χ3v) is 6.12. The number of hydrogen-bond acceptors (Lipinski definition) is 8. The number of rotatable bonds is 8. The molecule has 0 unspecified atom stereocenters. The summed E-state index contributed by atoms with van der Waals surface area (Å²) in [7, 11) is -2.00. The number of ether oxygens (including phenoxy) is 2. The molecule has 2 aromatic carbocycles. The van der Waals surface area contributed by atoms with Crippen LogP contribution in [-0.2, 0) is 19.4 Å². The van der Waals surface area contributed by atoms with Crippen molar-refractivity contribution < 1.29 is 27.1 Å². The van der Waals surface area contributed by atoms with Crippen molar-refractivity contribution in [1.82, 2.24) is 10.2 Å². The van der Waals surface area contributed by atoms with E-state index < -0.39 is 21.9 Å². The van der Waals surface area contributed by atoms with Crippen molar-refractivity contribution in [2.45, 2.75) is 31.3 Å². The number of sulfone groups is 1. The highest BCUT2D eigenvalue weighted by Crippen LogP contribution is 2.24. The van der Waals surface area contributed by atoms with Gasteiger partial charge in [-0.3, -0.25) is 4.79 Å². The number of methoxy groups -OCH3 is 1. The average molecular weight is 430 g/mol. The maximum atomic E-state index is 12.4. The van der Waals surface area contributed by atoms with E-state index in [1.807, 2.05) is 6.92 Å². The van der Waals surface area contributed by atoms with Gasteiger partial charge < -0.3 is 13.9 Å². The fraction of sp³-hybridized carbons (Fsp3) is 0.286. The molecule has 0 aliphatic heterocycles. The second-order valence-corrected chi connectivity index (χ2v) is 8.80. The fourth-order valence-corrected chi connectivity index (χ4v) is 3.86. The summed E-state index contributed by atoms with van der Waals surface area (Å²) in [6.07, 6.45) is -1.08. The second-order valence-electron chi connectivity index (χ2n) is 6.69. The predicted octanol–water partition coefficient (Wildman–Crippen LogP) is 3.52.